The maximum absolute atomic E-state index is 6.53. The zero-order valence-electron chi connectivity index (χ0n) is 33.5. The van der Waals surface area contributed by atoms with Crippen LogP contribution in [-0.4, -0.2) is 29.2 Å². The molecule has 296 valence electrons. The van der Waals surface area contributed by atoms with E-state index in [0.29, 0.717) is 11.1 Å². The first kappa shape index (κ1) is 37.6. The van der Waals surface area contributed by atoms with E-state index in [0.717, 1.165) is 94.8 Å². The zero-order chi connectivity index (χ0) is 40.1. The molecule has 0 bridgehead atoms. The molecule has 11 rings (SSSR count). The Morgan fingerprint density at radius 1 is 0.627 bits per heavy atom. The van der Waals surface area contributed by atoms with Crippen LogP contribution in [0.4, 0.5) is 0 Å². The van der Waals surface area contributed by atoms with Crippen LogP contribution in [0.1, 0.15) is 92.9 Å². The first-order valence-electron chi connectivity index (χ1n) is 21.2. The minimum Gasteiger partial charge on any atom is -0.321 e. The molecule has 0 saturated heterocycles. The fourth-order valence-electron chi connectivity index (χ4n) is 8.90. The molecule has 4 aromatic carbocycles. The predicted molar refractivity (Wildman–Crippen MR) is 238 cm³/mol. The van der Waals surface area contributed by atoms with Crippen molar-refractivity contribution in [3.63, 3.8) is 0 Å². The largest absolute Gasteiger partial charge is 0.321 e. The molecule has 3 fully saturated rings. The standard InChI is InChI=1S/C25H23ClN4.C25H26N4/c26-21-15-20(16-7-8-16)24-28-22(23(30(24)29-21)18-5-2-1-3-6-18)17-9-11-19(12-10-17)25(27)13-4-14-25;1-2-7-20-14-17-27-29-23(19-8-4-3-5-9-19)22(28-24(20)29)18-10-12-21(13-11-18)25(26)15-6-16-25/h1-3,5-6,9-12,15-16H,4,7-8,13-14,27H2;3-5,8-14,17H,2,6-7,15-16,26H2,1H3. The van der Waals surface area contributed by atoms with Crippen LogP contribution in [0.15, 0.2) is 128 Å². The number of benzene rings is 4. The van der Waals surface area contributed by atoms with Crippen molar-refractivity contribution < 1.29 is 0 Å². The molecule has 0 amide bonds. The van der Waals surface area contributed by atoms with Crippen molar-refractivity contribution >= 4 is 22.9 Å². The van der Waals surface area contributed by atoms with E-state index in [2.05, 4.69) is 108 Å². The third-order valence-electron chi connectivity index (χ3n) is 12.8. The highest BCUT2D eigenvalue weighted by atomic mass is 35.5. The summed E-state index contributed by atoms with van der Waals surface area (Å²) >= 11 is 6.43. The summed E-state index contributed by atoms with van der Waals surface area (Å²) in [7, 11) is 0. The van der Waals surface area contributed by atoms with Crippen LogP contribution in [0.3, 0.4) is 0 Å². The average molecular weight is 797 g/mol. The third kappa shape index (κ3) is 6.93. The molecule has 8 nitrogen and oxygen atoms in total. The van der Waals surface area contributed by atoms with Crippen LogP contribution in [0, 0.1) is 0 Å². The Labute approximate surface area is 350 Å². The molecule has 0 spiro atoms. The number of nitrogens with two attached hydrogens (primary N) is 2. The van der Waals surface area contributed by atoms with Gasteiger partial charge >= 0.3 is 0 Å². The van der Waals surface area contributed by atoms with E-state index in [1.807, 2.05) is 45.6 Å². The predicted octanol–water partition coefficient (Wildman–Crippen LogP) is 11.3. The molecule has 8 aromatic rings. The fourth-order valence-corrected chi connectivity index (χ4v) is 9.09. The molecule has 0 atom stereocenters. The summed E-state index contributed by atoms with van der Waals surface area (Å²) in [6.45, 7) is 2.20. The van der Waals surface area contributed by atoms with Crippen molar-refractivity contribution in [1.29, 1.82) is 0 Å². The Hall–Kier alpha value is -5.67. The second-order valence-corrected chi connectivity index (χ2v) is 17.2. The number of aryl methyl sites for hydroxylation is 1. The number of fused-ring (bicyclic) bond motifs is 2. The fraction of sp³-hybridized carbons (Fsp3) is 0.280. The minimum atomic E-state index is -0.159. The van der Waals surface area contributed by atoms with Gasteiger partial charge in [0.1, 0.15) is 16.5 Å². The van der Waals surface area contributed by atoms with Crippen LogP contribution in [0.25, 0.3) is 56.3 Å². The van der Waals surface area contributed by atoms with E-state index in [-0.39, 0.29) is 11.1 Å². The number of hydrogen-bond donors (Lipinski definition) is 2. The Morgan fingerprint density at radius 2 is 1.14 bits per heavy atom. The van der Waals surface area contributed by atoms with E-state index in [4.69, 9.17) is 33.0 Å². The summed E-state index contributed by atoms with van der Waals surface area (Å²) in [6, 6.07) is 42.1. The summed E-state index contributed by atoms with van der Waals surface area (Å²) in [6.07, 6.45) is 13.0. The Kier molecular flexibility index (Phi) is 9.67. The van der Waals surface area contributed by atoms with Crippen LogP contribution < -0.4 is 11.5 Å². The molecule has 59 heavy (non-hydrogen) atoms. The number of hydrogen-bond acceptors (Lipinski definition) is 6. The normalized spacial score (nSPS) is 16.6. The summed E-state index contributed by atoms with van der Waals surface area (Å²) in [5.74, 6) is 0.532. The van der Waals surface area contributed by atoms with Gasteiger partial charge in [0.2, 0.25) is 0 Å². The van der Waals surface area contributed by atoms with Crippen LogP contribution in [0.5, 0.6) is 0 Å². The van der Waals surface area contributed by atoms with Crippen molar-refractivity contribution in [2.24, 2.45) is 11.5 Å². The zero-order valence-corrected chi connectivity index (χ0v) is 34.2. The first-order chi connectivity index (χ1) is 28.8. The third-order valence-corrected chi connectivity index (χ3v) is 13.0. The van der Waals surface area contributed by atoms with Gasteiger partial charge in [-0.1, -0.05) is 134 Å². The van der Waals surface area contributed by atoms with Crippen molar-refractivity contribution in [2.45, 2.75) is 88.1 Å². The molecule has 0 unspecified atom stereocenters. The van der Waals surface area contributed by atoms with Gasteiger partial charge in [0.15, 0.2) is 11.3 Å². The maximum atomic E-state index is 6.53. The number of nitrogens with zero attached hydrogens (tertiary/aromatic N) is 6. The Morgan fingerprint density at radius 3 is 1.61 bits per heavy atom. The van der Waals surface area contributed by atoms with Crippen LogP contribution in [-0.2, 0) is 17.5 Å². The van der Waals surface area contributed by atoms with Crippen molar-refractivity contribution in [1.82, 2.24) is 29.2 Å². The highest BCUT2D eigenvalue weighted by Gasteiger charge is 2.35. The van der Waals surface area contributed by atoms with Gasteiger partial charge < -0.3 is 11.5 Å². The SMILES string of the molecule is CCCc1ccnn2c(-c3ccccc3)c(-c3ccc(C4(N)CCC4)cc3)nc12.NC1(c2ccc(-c3nc4c(C5CC5)cc(Cl)nn4c3-c3ccccc3)cc2)CCC1. The quantitative estimate of drug-likeness (QED) is 0.150. The lowest BCUT2D eigenvalue weighted by atomic mass is 9.72. The molecule has 0 radical (unpaired) electrons. The summed E-state index contributed by atoms with van der Waals surface area (Å²) < 4.78 is 3.94. The van der Waals surface area contributed by atoms with Gasteiger partial charge in [-0.15, -0.1) is 0 Å². The van der Waals surface area contributed by atoms with Gasteiger partial charge in [0.05, 0.1) is 11.4 Å². The van der Waals surface area contributed by atoms with E-state index in [1.54, 1.807) is 0 Å². The highest BCUT2D eigenvalue weighted by Crippen LogP contribution is 2.45. The Bertz CT molecular complexity index is 2760. The Balaban J connectivity index is 0.000000143. The maximum Gasteiger partial charge on any atom is 0.158 e. The molecular formula is C50H49ClN8. The van der Waals surface area contributed by atoms with Crippen molar-refractivity contribution in [3.8, 4) is 45.0 Å². The number of imidazole rings is 2. The molecule has 3 aliphatic rings. The number of aromatic nitrogens is 6. The van der Waals surface area contributed by atoms with Crippen LogP contribution in [0.2, 0.25) is 5.15 Å². The van der Waals surface area contributed by atoms with Crippen molar-refractivity contribution in [2.75, 3.05) is 0 Å². The number of rotatable bonds is 9. The number of halogens is 1. The molecule has 4 N–H and O–H groups in total. The molecule has 3 saturated carbocycles. The second-order valence-electron chi connectivity index (χ2n) is 16.8. The summed E-state index contributed by atoms with van der Waals surface area (Å²) in [5.41, 5.74) is 27.8. The van der Waals surface area contributed by atoms with E-state index in [1.165, 1.54) is 47.9 Å². The van der Waals surface area contributed by atoms with Gasteiger partial charge in [-0.05, 0) is 92.5 Å². The first-order valence-corrected chi connectivity index (χ1v) is 21.6. The summed E-state index contributed by atoms with van der Waals surface area (Å²) in [4.78, 5) is 10.2. The average Bonchev–Trinajstić information content (AvgIpc) is 3.92. The molecule has 0 aliphatic heterocycles. The van der Waals surface area contributed by atoms with Gasteiger partial charge in [0, 0.05) is 45.1 Å². The lowest BCUT2D eigenvalue weighted by molar-refractivity contribution is 0.253. The lowest BCUT2D eigenvalue weighted by Crippen LogP contribution is -2.43. The molecule has 9 heteroatoms. The lowest BCUT2D eigenvalue weighted by Gasteiger charge is -2.38. The van der Waals surface area contributed by atoms with E-state index < -0.39 is 0 Å². The monoisotopic (exact) mass is 796 g/mol. The minimum absolute atomic E-state index is 0.143. The molecule has 4 heterocycles. The van der Waals surface area contributed by atoms with E-state index >= 15 is 0 Å². The van der Waals surface area contributed by atoms with Crippen LogP contribution >= 0.6 is 11.6 Å². The highest BCUT2D eigenvalue weighted by molar-refractivity contribution is 6.29. The van der Waals surface area contributed by atoms with Gasteiger partial charge in [-0.2, -0.15) is 10.2 Å². The topological polar surface area (TPSA) is 112 Å². The molecule has 4 aromatic heterocycles. The molecule has 3 aliphatic carbocycles. The van der Waals surface area contributed by atoms with Gasteiger partial charge in [-0.3, -0.25) is 0 Å². The van der Waals surface area contributed by atoms with Crippen molar-refractivity contribution in [3.05, 3.63) is 155 Å². The van der Waals surface area contributed by atoms with Gasteiger partial charge in [0.25, 0.3) is 0 Å². The smallest absolute Gasteiger partial charge is 0.158 e. The summed E-state index contributed by atoms with van der Waals surface area (Å²) in [5, 5.41) is 9.82. The second kappa shape index (κ2) is 15.2. The molecular weight excluding hydrogens is 748 g/mol. The van der Waals surface area contributed by atoms with E-state index in [9.17, 15) is 0 Å². The van der Waals surface area contributed by atoms with Gasteiger partial charge in [-0.25, -0.2) is 19.0 Å².